The molecule has 0 spiro atoms. The Morgan fingerprint density at radius 1 is 0.448 bits per heavy atom. The van der Waals surface area contributed by atoms with Crippen molar-refractivity contribution in [3.63, 3.8) is 0 Å². The van der Waals surface area contributed by atoms with Gasteiger partial charge < -0.3 is 0 Å². The number of rotatable bonds is 6. The molecule has 3 aromatic carbocycles. The second-order valence-electron chi connectivity index (χ2n) is 5.93. The van der Waals surface area contributed by atoms with Gasteiger partial charge in [0, 0.05) is 0 Å². The van der Waals surface area contributed by atoms with Gasteiger partial charge >= 0.3 is 4.83 Å². The maximum absolute atomic E-state index is 13.5. The van der Waals surface area contributed by atoms with Crippen molar-refractivity contribution >= 4 is 43.8 Å². The van der Waals surface area contributed by atoms with Crippen LogP contribution in [0.15, 0.2) is 106 Å². The maximum atomic E-state index is 13.5. The summed E-state index contributed by atoms with van der Waals surface area (Å²) in [5, 5.41) is 0. The molecule has 6 nitrogen and oxygen atoms in total. The predicted octanol–water partition coefficient (Wildman–Crippen LogP) is 3.08. The molecule has 0 saturated carbocycles. The number of hydrogen-bond acceptors (Lipinski definition) is 6. The smallest absolute Gasteiger partial charge is 0.227 e. The van der Waals surface area contributed by atoms with Crippen LogP contribution < -0.4 is 0 Å². The highest BCUT2D eigenvalue weighted by molar-refractivity contribution is 8.78. The zero-order chi connectivity index (χ0) is 21.3. The van der Waals surface area contributed by atoms with Crippen molar-refractivity contribution in [3.05, 3.63) is 91.0 Å². The average molecular weight is 487 g/mol. The zero-order valence-corrected chi connectivity index (χ0v) is 18.9. The van der Waals surface area contributed by atoms with Gasteiger partial charge in [-0.05, 0) is 36.4 Å². The summed E-state index contributed by atoms with van der Waals surface area (Å²) in [6, 6.07) is 19.5. The van der Waals surface area contributed by atoms with Crippen molar-refractivity contribution in [1.82, 2.24) is 0 Å². The van der Waals surface area contributed by atoms with Crippen molar-refractivity contribution < 1.29 is 25.3 Å². The summed E-state index contributed by atoms with van der Waals surface area (Å²) < 4.78 is 80.8. The summed E-state index contributed by atoms with van der Waals surface area (Å²) in [5.41, 5.74) is 0. The van der Waals surface area contributed by atoms with Crippen LogP contribution in [-0.4, -0.2) is 30.1 Å². The van der Waals surface area contributed by atoms with Crippen LogP contribution in [0.5, 0.6) is 0 Å². The summed E-state index contributed by atoms with van der Waals surface area (Å²) in [5.74, 6) is 0. The molecule has 0 heterocycles. The minimum absolute atomic E-state index is 0.472. The van der Waals surface area contributed by atoms with Gasteiger partial charge in [-0.3, -0.25) is 0 Å². The molecule has 0 N–H and O–H groups in total. The van der Waals surface area contributed by atoms with E-state index < -0.39 is 47.4 Å². The van der Waals surface area contributed by atoms with Gasteiger partial charge in [0.2, 0.25) is 0 Å². The van der Waals surface area contributed by atoms with E-state index in [1.54, 1.807) is 0 Å². The van der Waals surface area contributed by atoms with Crippen LogP contribution in [0.25, 0.3) is 0 Å². The molecule has 0 aliphatic rings. The zero-order valence-electron chi connectivity index (χ0n) is 14.7. The van der Waals surface area contributed by atoms with E-state index in [2.05, 4.69) is 0 Å². The minimum atomic E-state index is -5.77. The van der Waals surface area contributed by atoms with Crippen molar-refractivity contribution in [2.24, 2.45) is 0 Å². The van der Waals surface area contributed by atoms with Gasteiger partial charge in [0.1, 0.15) is 0 Å². The van der Waals surface area contributed by atoms with E-state index in [-0.39, 0.29) is 0 Å². The Hall–Kier alpha value is -1.98. The Labute approximate surface area is 174 Å². The lowest BCUT2D eigenvalue weighted by Gasteiger charge is -2.24. The molecule has 0 radical (unpaired) electrons. The maximum Gasteiger partial charge on any atom is 0.556 e. The van der Waals surface area contributed by atoms with E-state index in [1.807, 2.05) is 0 Å². The SMILES string of the molecule is O=S(=O)(c1ccccc1)[Si](Cl)(S(=O)(=O)c1ccccc1)S(=O)(=O)c1ccccc1. The highest BCUT2D eigenvalue weighted by atomic mass is 35.6. The highest BCUT2D eigenvalue weighted by Crippen LogP contribution is 2.41. The summed E-state index contributed by atoms with van der Waals surface area (Å²) in [6.07, 6.45) is 0. The van der Waals surface area contributed by atoms with E-state index in [0.717, 1.165) is 36.4 Å². The lowest BCUT2D eigenvalue weighted by molar-refractivity contribution is 0.601. The standard InChI is InChI=1S/C18H15ClO6S3Si/c19-29(26(20,21)16-10-4-1-5-11-16,27(22,23)17-12-6-2-7-13-17)28(24,25)18-14-8-3-9-15-18/h1-15H. The van der Waals surface area contributed by atoms with E-state index >= 15 is 0 Å². The fourth-order valence-electron chi connectivity index (χ4n) is 2.65. The van der Waals surface area contributed by atoms with Crippen molar-refractivity contribution in [1.29, 1.82) is 0 Å². The Bertz CT molecular complexity index is 1160. The molecule has 152 valence electrons. The second-order valence-corrected chi connectivity index (χ2v) is 27.7. The molecular formula is C18H15ClO6S3Si. The van der Waals surface area contributed by atoms with Crippen LogP contribution in [0, 0.1) is 0 Å². The fraction of sp³-hybridized carbons (Fsp3) is 0. The lowest BCUT2D eigenvalue weighted by Crippen LogP contribution is -2.54. The molecule has 3 rings (SSSR count). The first-order valence-electron chi connectivity index (χ1n) is 8.15. The molecule has 0 saturated heterocycles. The van der Waals surface area contributed by atoms with Crippen LogP contribution in [-0.2, 0) is 27.9 Å². The van der Waals surface area contributed by atoms with Crippen LogP contribution in [0.2, 0.25) is 0 Å². The number of hydrogen-bond donors (Lipinski definition) is 0. The first-order chi connectivity index (χ1) is 13.6. The quantitative estimate of drug-likeness (QED) is 0.392. The molecule has 11 heteroatoms. The van der Waals surface area contributed by atoms with Gasteiger partial charge in [-0.25, -0.2) is 25.3 Å². The van der Waals surface area contributed by atoms with Crippen LogP contribution in [0.3, 0.4) is 0 Å². The van der Waals surface area contributed by atoms with Crippen molar-refractivity contribution in [3.8, 4) is 0 Å². The van der Waals surface area contributed by atoms with Crippen LogP contribution in [0.4, 0.5) is 0 Å². The Morgan fingerprint density at radius 3 is 0.862 bits per heavy atom. The van der Waals surface area contributed by atoms with Gasteiger partial charge in [-0.2, -0.15) is 0 Å². The second kappa shape index (κ2) is 7.69. The Balaban J connectivity index is 2.44. The van der Waals surface area contributed by atoms with Gasteiger partial charge in [-0.15, -0.1) is 11.1 Å². The van der Waals surface area contributed by atoms with Gasteiger partial charge in [0.15, 0.2) is 27.9 Å². The fourth-order valence-corrected chi connectivity index (χ4v) is 27.7. The number of benzene rings is 3. The number of halogens is 1. The third-order valence-electron chi connectivity index (χ3n) is 4.12. The molecule has 29 heavy (non-hydrogen) atoms. The first kappa shape index (κ1) is 21.7. The van der Waals surface area contributed by atoms with E-state index in [9.17, 15) is 25.3 Å². The highest BCUT2D eigenvalue weighted by Gasteiger charge is 2.71. The largest absolute Gasteiger partial charge is 0.556 e. The van der Waals surface area contributed by atoms with Crippen LogP contribution >= 0.6 is 11.1 Å². The molecule has 0 amide bonds. The summed E-state index contributed by atoms with van der Waals surface area (Å²) in [6.45, 7) is 0. The lowest BCUT2D eigenvalue weighted by atomic mass is 10.4. The first-order valence-corrected chi connectivity index (χ1v) is 17.8. The minimum Gasteiger partial charge on any atom is -0.227 e. The third kappa shape index (κ3) is 3.34. The average Bonchev–Trinajstić information content (AvgIpc) is 2.74. The molecular weight excluding hydrogens is 472 g/mol. The van der Waals surface area contributed by atoms with E-state index in [4.69, 9.17) is 11.1 Å². The molecule has 0 aromatic heterocycles. The summed E-state index contributed by atoms with van der Waals surface area (Å²) >= 11 is 6.39. The monoisotopic (exact) mass is 486 g/mol. The molecule has 0 fully saturated rings. The van der Waals surface area contributed by atoms with Gasteiger partial charge in [-0.1, -0.05) is 54.6 Å². The molecule has 0 unspecified atom stereocenters. The molecule has 0 bridgehead atoms. The summed E-state index contributed by atoms with van der Waals surface area (Å²) in [7, 11) is -15.0. The normalized spacial score (nSPS) is 13.1. The third-order valence-corrected chi connectivity index (χ3v) is 34.0. The molecule has 0 aliphatic heterocycles. The molecule has 3 aromatic rings. The van der Waals surface area contributed by atoms with Crippen molar-refractivity contribution in [2.75, 3.05) is 0 Å². The molecule has 0 aliphatic carbocycles. The van der Waals surface area contributed by atoms with Gasteiger partial charge in [0.05, 0.1) is 14.7 Å². The van der Waals surface area contributed by atoms with Crippen molar-refractivity contribution in [2.45, 2.75) is 14.7 Å². The summed E-state index contributed by atoms with van der Waals surface area (Å²) in [4.78, 5) is -7.18. The van der Waals surface area contributed by atoms with Gasteiger partial charge in [0.25, 0.3) is 0 Å². The van der Waals surface area contributed by atoms with E-state index in [0.29, 0.717) is 0 Å². The Kier molecular flexibility index (Phi) is 5.76. The molecule has 0 atom stereocenters. The van der Waals surface area contributed by atoms with E-state index in [1.165, 1.54) is 54.6 Å². The Morgan fingerprint density at radius 2 is 0.655 bits per heavy atom. The topological polar surface area (TPSA) is 102 Å². The predicted molar refractivity (Wildman–Crippen MR) is 112 cm³/mol. The van der Waals surface area contributed by atoms with Crippen LogP contribution in [0.1, 0.15) is 0 Å².